The molecule has 0 atom stereocenters. The number of hydrogen-bond donors (Lipinski definition) is 1. The molecular weight excluding hydrogens is 362 g/mol. The summed E-state index contributed by atoms with van der Waals surface area (Å²) in [7, 11) is 2.92. The van der Waals surface area contributed by atoms with Crippen molar-refractivity contribution >= 4 is 34.8 Å². The van der Waals surface area contributed by atoms with Crippen LogP contribution < -0.4 is 10.1 Å². The first-order valence-corrected chi connectivity index (χ1v) is 7.83. The lowest BCUT2D eigenvalue weighted by atomic mass is 10.1. The van der Waals surface area contributed by atoms with E-state index in [0.29, 0.717) is 11.4 Å². The highest BCUT2D eigenvalue weighted by Gasteiger charge is 2.24. The molecule has 0 radical (unpaired) electrons. The van der Waals surface area contributed by atoms with Crippen molar-refractivity contribution in [3.05, 3.63) is 63.2 Å². The number of halogens is 1. The van der Waals surface area contributed by atoms with E-state index in [1.807, 2.05) is 0 Å². The van der Waals surface area contributed by atoms with E-state index >= 15 is 0 Å². The third kappa shape index (κ3) is 4.70. The summed E-state index contributed by atoms with van der Waals surface area (Å²) in [6, 6.07) is 10.4. The fourth-order valence-electron chi connectivity index (χ4n) is 2.20. The van der Waals surface area contributed by atoms with Gasteiger partial charge in [0.1, 0.15) is 11.3 Å². The molecule has 0 aromatic heterocycles. The Morgan fingerprint density at radius 2 is 1.88 bits per heavy atom. The van der Waals surface area contributed by atoms with E-state index in [9.17, 15) is 19.7 Å². The quantitative estimate of drug-likeness (QED) is 0.616. The lowest BCUT2D eigenvalue weighted by molar-refractivity contribution is -0.385. The summed E-state index contributed by atoms with van der Waals surface area (Å²) in [6.45, 7) is -0.273. The van der Waals surface area contributed by atoms with Gasteiger partial charge < -0.3 is 15.0 Å². The molecule has 8 nitrogen and oxygen atoms in total. The molecule has 0 spiro atoms. The summed E-state index contributed by atoms with van der Waals surface area (Å²) >= 11 is 5.74. The largest absolute Gasteiger partial charge is 0.497 e. The second-order valence-electron chi connectivity index (χ2n) is 5.36. The molecule has 0 saturated carbocycles. The summed E-state index contributed by atoms with van der Waals surface area (Å²) in [5, 5.41) is 13.9. The van der Waals surface area contributed by atoms with E-state index < -0.39 is 22.4 Å². The third-order valence-corrected chi connectivity index (χ3v) is 3.72. The maximum Gasteiger partial charge on any atom is 0.283 e. The van der Waals surface area contributed by atoms with Crippen LogP contribution in [-0.4, -0.2) is 42.3 Å². The van der Waals surface area contributed by atoms with Crippen LogP contribution >= 0.6 is 11.6 Å². The van der Waals surface area contributed by atoms with Gasteiger partial charge in [-0.25, -0.2) is 0 Å². The van der Waals surface area contributed by atoms with Gasteiger partial charge in [0.25, 0.3) is 11.6 Å². The van der Waals surface area contributed by atoms with Crippen molar-refractivity contribution in [2.45, 2.75) is 0 Å². The molecule has 9 heteroatoms. The van der Waals surface area contributed by atoms with Crippen LogP contribution in [0.5, 0.6) is 5.75 Å². The number of benzene rings is 2. The summed E-state index contributed by atoms with van der Waals surface area (Å²) in [4.78, 5) is 36.0. The topological polar surface area (TPSA) is 102 Å². The summed E-state index contributed by atoms with van der Waals surface area (Å²) in [6.07, 6.45) is 0. The smallest absolute Gasteiger partial charge is 0.283 e. The number of nitrogens with zero attached hydrogens (tertiary/aromatic N) is 2. The molecular formula is C17H16ClN3O5. The molecule has 0 aliphatic carbocycles. The average Bonchev–Trinajstić information content (AvgIpc) is 2.61. The first kappa shape index (κ1) is 19.2. The van der Waals surface area contributed by atoms with Gasteiger partial charge in [-0.15, -0.1) is 0 Å². The molecule has 0 heterocycles. The number of carbonyl (C=O) groups is 2. The number of nitro benzene ring substituents is 1. The van der Waals surface area contributed by atoms with E-state index in [0.717, 1.165) is 11.0 Å². The molecule has 0 bridgehead atoms. The van der Waals surface area contributed by atoms with E-state index in [2.05, 4.69) is 5.32 Å². The molecule has 1 N–H and O–H groups in total. The van der Waals surface area contributed by atoms with Crippen LogP contribution in [0.25, 0.3) is 0 Å². The number of methoxy groups -OCH3 is 1. The standard InChI is InChI=1S/C17H16ClN3O5/c1-20(10-16(22)19-12-4-6-13(26-2)7-5-12)17(23)14-8-3-11(18)9-15(14)21(24)25/h3-9H,10H2,1-2H3,(H,19,22). The molecule has 0 aliphatic heterocycles. The van der Waals surface area contributed by atoms with Crippen LogP contribution in [0.1, 0.15) is 10.4 Å². The molecule has 2 aromatic rings. The van der Waals surface area contributed by atoms with Gasteiger partial charge in [0.05, 0.1) is 18.6 Å². The second-order valence-corrected chi connectivity index (χ2v) is 5.79. The minimum absolute atomic E-state index is 0.140. The lowest BCUT2D eigenvalue weighted by Crippen LogP contribution is -2.35. The predicted molar refractivity (Wildman–Crippen MR) is 96.7 cm³/mol. The van der Waals surface area contributed by atoms with Crippen LogP contribution in [0.15, 0.2) is 42.5 Å². The highest BCUT2D eigenvalue weighted by molar-refractivity contribution is 6.31. The minimum Gasteiger partial charge on any atom is -0.497 e. The molecule has 0 saturated heterocycles. The highest BCUT2D eigenvalue weighted by atomic mass is 35.5. The monoisotopic (exact) mass is 377 g/mol. The van der Waals surface area contributed by atoms with Crippen molar-refractivity contribution in [2.75, 3.05) is 26.0 Å². The SMILES string of the molecule is COc1ccc(NC(=O)CN(C)C(=O)c2ccc(Cl)cc2[N+](=O)[O-])cc1. The average molecular weight is 378 g/mol. The van der Waals surface area contributed by atoms with E-state index in [1.54, 1.807) is 24.3 Å². The molecule has 0 unspecified atom stereocenters. The minimum atomic E-state index is -0.690. The summed E-state index contributed by atoms with van der Waals surface area (Å²) in [5.41, 5.74) is -0.0156. The highest BCUT2D eigenvalue weighted by Crippen LogP contribution is 2.24. The van der Waals surface area contributed by atoms with E-state index in [1.165, 1.54) is 26.3 Å². The van der Waals surface area contributed by atoms with E-state index in [4.69, 9.17) is 16.3 Å². The number of amides is 2. The predicted octanol–water partition coefficient (Wildman–Crippen LogP) is 2.97. The number of anilines is 1. The normalized spacial score (nSPS) is 10.1. The van der Waals surface area contributed by atoms with Crippen LogP contribution in [0.3, 0.4) is 0 Å². The van der Waals surface area contributed by atoms with Gasteiger partial charge in [-0.3, -0.25) is 19.7 Å². The number of nitrogens with one attached hydrogen (secondary N) is 1. The first-order valence-electron chi connectivity index (χ1n) is 7.45. The molecule has 136 valence electrons. The summed E-state index contributed by atoms with van der Waals surface area (Å²) < 4.78 is 5.03. The Hall–Kier alpha value is -3.13. The number of carbonyl (C=O) groups excluding carboxylic acids is 2. The fraction of sp³-hybridized carbons (Fsp3) is 0.176. The van der Waals surface area contributed by atoms with Crippen molar-refractivity contribution in [3.63, 3.8) is 0 Å². The van der Waals surface area contributed by atoms with Gasteiger partial charge >= 0.3 is 0 Å². The van der Waals surface area contributed by atoms with Crippen molar-refractivity contribution in [3.8, 4) is 5.75 Å². The van der Waals surface area contributed by atoms with Crippen molar-refractivity contribution in [1.82, 2.24) is 4.90 Å². The van der Waals surface area contributed by atoms with Gasteiger partial charge in [-0.05, 0) is 36.4 Å². The molecule has 0 fully saturated rings. The van der Waals surface area contributed by atoms with Crippen molar-refractivity contribution in [1.29, 1.82) is 0 Å². The van der Waals surface area contributed by atoms with Gasteiger partial charge in [-0.1, -0.05) is 11.6 Å². The maximum absolute atomic E-state index is 12.4. The zero-order valence-electron chi connectivity index (χ0n) is 14.1. The number of rotatable bonds is 6. The Balaban J connectivity index is 2.06. The second kappa shape index (κ2) is 8.30. The fourth-order valence-corrected chi connectivity index (χ4v) is 2.37. The Labute approximate surface area is 154 Å². The number of nitro groups is 1. The Bertz CT molecular complexity index is 839. The number of likely N-dealkylation sites (N-methyl/N-ethyl adjacent to an activating group) is 1. The van der Waals surface area contributed by atoms with Crippen molar-refractivity contribution < 1.29 is 19.2 Å². The van der Waals surface area contributed by atoms with Gasteiger partial charge in [0, 0.05) is 23.8 Å². The van der Waals surface area contributed by atoms with E-state index in [-0.39, 0.29) is 17.1 Å². The molecule has 2 amide bonds. The van der Waals surface area contributed by atoms with Gasteiger partial charge in [-0.2, -0.15) is 0 Å². The zero-order chi connectivity index (χ0) is 19.3. The Morgan fingerprint density at radius 1 is 1.23 bits per heavy atom. The first-order chi connectivity index (χ1) is 12.3. The number of hydrogen-bond acceptors (Lipinski definition) is 5. The van der Waals surface area contributed by atoms with Crippen LogP contribution in [-0.2, 0) is 4.79 Å². The molecule has 0 aliphatic rings. The zero-order valence-corrected chi connectivity index (χ0v) is 14.8. The van der Waals surface area contributed by atoms with Crippen molar-refractivity contribution in [2.24, 2.45) is 0 Å². The molecule has 26 heavy (non-hydrogen) atoms. The molecule has 2 rings (SSSR count). The lowest BCUT2D eigenvalue weighted by Gasteiger charge is -2.17. The molecule has 2 aromatic carbocycles. The number of ether oxygens (including phenoxy) is 1. The van der Waals surface area contributed by atoms with Gasteiger partial charge in [0.15, 0.2) is 0 Å². The third-order valence-electron chi connectivity index (χ3n) is 3.49. The Morgan fingerprint density at radius 3 is 2.46 bits per heavy atom. The van der Waals surface area contributed by atoms with Gasteiger partial charge in [0.2, 0.25) is 5.91 Å². The van der Waals surface area contributed by atoms with Crippen LogP contribution in [0.2, 0.25) is 5.02 Å². The van der Waals surface area contributed by atoms with Crippen LogP contribution in [0, 0.1) is 10.1 Å². The Kier molecular flexibility index (Phi) is 6.13. The maximum atomic E-state index is 12.4. The van der Waals surface area contributed by atoms with Crippen LogP contribution in [0.4, 0.5) is 11.4 Å². The summed E-state index contributed by atoms with van der Waals surface area (Å²) in [5.74, 6) is -0.453.